The summed E-state index contributed by atoms with van der Waals surface area (Å²) in [4.78, 5) is 30.3. The van der Waals surface area contributed by atoms with E-state index < -0.39 is 6.10 Å². The van der Waals surface area contributed by atoms with Crippen molar-refractivity contribution < 1.29 is 14.3 Å². The van der Waals surface area contributed by atoms with Crippen molar-refractivity contribution >= 4 is 17.5 Å². The molecule has 6 nitrogen and oxygen atoms in total. The Labute approximate surface area is 160 Å². The molecule has 0 aliphatic heterocycles. The van der Waals surface area contributed by atoms with Crippen molar-refractivity contribution in [3.63, 3.8) is 0 Å². The number of Topliss-reactive ketones (excluding diaryl/α,β-unsaturated/α-hetero) is 1. The number of nitrogens with one attached hydrogen (secondary N) is 1. The number of pyridine rings is 1. The predicted molar refractivity (Wildman–Crippen MR) is 106 cm³/mol. The summed E-state index contributed by atoms with van der Waals surface area (Å²) in [6, 6.07) is 10.7. The lowest BCUT2D eigenvalue weighted by molar-refractivity contribution is -0.127. The van der Waals surface area contributed by atoms with Gasteiger partial charge in [-0.15, -0.1) is 0 Å². The van der Waals surface area contributed by atoms with Crippen molar-refractivity contribution in [1.82, 2.24) is 10.3 Å². The number of hydrogen-bond acceptors (Lipinski definition) is 5. The van der Waals surface area contributed by atoms with Gasteiger partial charge in [0.25, 0.3) is 5.91 Å². The molecule has 0 radical (unpaired) electrons. The third-order valence-electron chi connectivity index (χ3n) is 4.29. The monoisotopic (exact) mass is 369 g/mol. The van der Waals surface area contributed by atoms with Crippen LogP contribution in [0, 0.1) is 0 Å². The van der Waals surface area contributed by atoms with Crippen molar-refractivity contribution in [1.29, 1.82) is 0 Å². The second kappa shape index (κ2) is 9.71. The minimum absolute atomic E-state index is 0.0433. The van der Waals surface area contributed by atoms with E-state index in [1.165, 1.54) is 6.92 Å². The fraction of sp³-hybridized carbons (Fsp3) is 0.381. The van der Waals surface area contributed by atoms with Gasteiger partial charge >= 0.3 is 0 Å². The number of ketones is 1. The summed E-state index contributed by atoms with van der Waals surface area (Å²) in [5, 5.41) is 2.85. The molecule has 1 aromatic carbocycles. The SMILES string of the molecule is CCN(CC)c1ccc(CNC(=O)C(C)Oc2cccc(C(C)=O)c2)cn1. The van der Waals surface area contributed by atoms with Gasteiger partial charge in [0.2, 0.25) is 0 Å². The Balaban J connectivity index is 1.89. The van der Waals surface area contributed by atoms with Gasteiger partial charge in [-0.3, -0.25) is 9.59 Å². The Bertz CT molecular complexity index is 770. The van der Waals surface area contributed by atoms with E-state index in [1.807, 2.05) is 12.1 Å². The lowest BCUT2D eigenvalue weighted by Gasteiger charge is -2.19. The van der Waals surface area contributed by atoms with Crippen LogP contribution < -0.4 is 15.0 Å². The van der Waals surface area contributed by atoms with Crippen molar-refractivity contribution in [3.8, 4) is 5.75 Å². The van der Waals surface area contributed by atoms with E-state index in [1.54, 1.807) is 37.4 Å². The highest BCUT2D eigenvalue weighted by Gasteiger charge is 2.15. The molecular weight excluding hydrogens is 342 g/mol. The largest absolute Gasteiger partial charge is 0.481 e. The first-order valence-electron chi connectivity index (χ1n) is 9.19. The van der Waals surface area contributed by atoms with Crippen LogP contribution in [0.5, 0.6) is 5.75 Å². The second-order valence-electron chi connectivity index (χ2n) is 6.26. The number of amides is 1. The van der Waals surface area contributed by atoms with Crippen LogP contribution in [0.25, 0.3) is 0 Å². The Morgan fingerprint density at radius 1 is 1.19 bits per heavy atom. The number of benzene rings is 1. The minimum atomic E-state index is -0.671. The molecule has 2 rings (SSSR count). The molecule has 1 unspecified atom stereocenters. The third kappa shape index (κ3) is 5.81. The first kappa shape index (κ1) is 20.4. The molecule has 27 heavy (non-hydrogen) atoms. The van der Waals surface area contributed by atoms with Crippen LogP contribution in [0.15, 0.2) is 42.6 Å². The van der Waals surface area contributed by atoms with Crippen molar-refractivity contribution in [2.75, 3.05) is 18.0 Å². The Morgan fingerprint density at radius 2 is 1.93 bits per heavy atom. The summed E-state index contributed by atoms with van der Waals surface area (Å²) in [6.07, 6.45) is 1.10. The molecule has 2 aromatic rings. The molecule has 1 aromatic heterocycles. The maximum absolute atomic E-state index is 12.3. The molecule has 0 saturated heterocycles. The molecule has 0 spiro atoms. The Hall–Kier alpha value is -2.89. The van der Waals surface area contributed by atoms with Crippen LogP contribution in [0.4, 0.5) is 5.82 Å². The molecule has 0 aliphatic carbocycles. The number of hydrogen-bond donors (Lipinski definition) is 1. The van der Waals surface area contributed by atoms with Crippen LogP contribution in [0.2, 0.25) is 0 Å². The first-order valence-corrected chi connectivity index (χ1v) is 9.19. The molecule has 144 valence electrons. The molecule has 0 fully saturated rings. The lowest BCUT2D eigenvalue weighted by Crippen LogP contribution is -2.36. The fourth-order valence-corrected chi connectivity index (χ4v) is 2.63. The van der Waals surface area contributed by atoms with Crippen molar-refractivity contribution in [3.05, 3.63) is 53.7 Å². The predicted octanol–water partition coefficient (Wildman–Crippen LogP) is 3.21. The standard InChI is InChI=1S/C21H27N3O3/c1-5-24(6-2)20-11-10-17(13-22-20)14-23-21(26)16(4)27-19-9-7-8-18(12-19)15(3)25/h7-13,16H,5-6,14H2,1-4H3,(H,23,26). The fourth-order valence-electron chi connectivity index (χ4n) is 2.63. The summed E-state index contributed by atoms with van der Waals surface area (Å²) < 4.78 is 5.65. The highest BCUT2D eigenvalue weighted by Crippen LogP contribution is 2.16. The zero-order valence-electron chi connectivity index (χ0n) is 16.4. The molecule has 0 bridgehead atoms. The lowest BCUT2D eigenvalue weighted by atomic mass is 10.1. The van der Waals surface area contributed by atoms with Gasteiger partial charge in [0.1, 0.15) is 11.6 Å². The first-order chi connectivity index (χ1) is 12.9. The molecule has 6 heteroatoms. The minimum Gasteiger partial charge on any atom is -0.481 e. The molecular formula is C21H27N3O3. The average molecular weight is 369 g/mol. The van der Waals surface area contributed by atoms with Gasteiger partial charge in [-0.25, -0.2) is 4.98 Å². The van der Waals surface area contributed by atoms with Crippen LogP contribution in [-0.4, -0.2) is 35.9 Å². The van der Waals surface area contributed by atoms with E-state index in [0.717, 1.165) is 24.5 Å². The normalized spacial score (nSPS) is 11.6. The van der Waals surface area contributed by atoms with E-state index in [2.05, 4.69) is 29.0 Å². The van der Waals surface area contributed by atoms with Gasteiger partial charge in [0.05, 0.1) is 0 Å². The molecule has 1 amide bonds. The third-order valence-corrected chi connectivity index (χ3v) is 4.29. The number of nitrogens with zero attached hydrogens (tertiary/aromatic N) is 2. The van der Waals surface area contributed by atoms with Crippen LogP contribution >= 0.6 is 0 Å². The number of aromatic nitrogens is 1. The quantitative estimate of drug-likeness (QED) is 0.687. The van der Waals surface area contributed by atoms with Gasteiger partial charge < -0.3 is 15.0 Å². The van der Waals surface area contributed by atoms with Gasteiger partial charge in [-0.2, -0.15) is 0 Å². The summed E-state index contributed by atoms with van der Waals surface area (Å²) in [6.45, 7) is 9.54. The number of carbonyl (C=O) groups is 2. The van der Waals surface area contributed by atoms with Crippen LogP contribution in [0.1, 0.15) is 43.6 Å². The second-order valence-corrected chi connectivity index (χ2v) is 6.26. The summed E-state index contributed by atoms with van der Waals surface area (Å²) >= 11 is 0. The van der Waals surface area contributed by atoms with E-state index in [-0.39, 0.29) is 11.7 Å². The van der Waals surface area contributed by atoms with E-state index >= 15 is 0 Å². The highest BCUT2D eigenvalue weighted by atomic mass is 16.5. The molecule has 1 atom stereocenters. The number of carbonyl (C=O) groups excluding carboxylic acids is 2. The van der Waals surface area contributed by atoms with Gasteiger partial charge in [0, 0.05) is 31.4 Å². The Kier molecular flexibility index (Phi) is 7.34. The molecule has 1 N–H and O–H groups in total. The molecule has 1 heterocycles. The van der Waals surface area contributed by atoms with Gasteiger partial charge in [-0.05, 0) is 51.5 Å². The van der Waals surface area contributed by atoms with Crippen LogP contribution in [0.3, 0.4) is 0 Å². The van der Waals surface area contributed by atoms with Crippen LogP contribution in [-0.2, 0) is 11.3 Å². The number of rotatable bonds is 9. The molecule has 0 saturated carbocycles. The summed E-state index contributed by atoms with van der Waals surface area (Å²) in [7, 11) is 0. The van der Waals surface area contributed by atoms with E-state index in [9.17, 15) is 9.59 Å². The van der Waals surface area contributed by atoms with Crippen molar-refractivity contribution in [2.24, 2.45) is 0 Å². The van der Waals surface area contributed by atoms with E-state index in [4.69, 9.17) is 4.74 Å². The van der Waals surface area contributed by atoms with Gasteiger partial charge in [-0.1, -0.05) is 18.2 Å². The highest BCUT2D eigenvalue weighted by molar-refractivity contribution is 5.94. The van der Waals surface area contributed by atoms with Gasteiger partial charge in [0.15, 0.2) is 11.9 Å². The smallest absolute Gasteiger partial charge is 0.261 e. The Morgan fingerprint density at radius 3 is 2.52 bits per heavy atom. The number of anilines is 1. The zero-order chi connectivity index (χ0) is 19.8. The zero-order valence-corrected chi connectivity index (χ0v) is 16.4. The van der Waals surface area contributed by atoms with Crippen molar-refractivity contribution in [2.45, 2.75) is 40.3 Å². The topological polar surface area (TPSA) is 71.5 Å². The average Bonchev–Trinajstić information content (AvgIpc) is 2.68. The summed E-state index contributed by atoms with van der Waals surface area (Å²) in [5.41, 5.74) is 1.48. The van der Waals surface area contributed by atoms with E-state index in [0.29, 0.717) is 17.9 Å². The summed E-state index contributed by atoms with van der Waals surface area (Å²) in [5.74, 6) is 1.15. The number of ether oxygens (including phenoxy) is 1. The maximum Gasteiger partial charge on any atom is 0.261 e. The maximum atomic E-state index is 12.3. The molecule has 0 aliphatic rings.